The van der Waals surface area contributed by atoms with E-state index in [0.29, 0.717) is 24.6 Å². The Morgan fingerprint density at radius 2 is 2.17 bits per heavy atom. The van der Waals surface area contributed by atoms with Gasteiger partial charge in [0, 0.05) is 26.2 Å². The molecule has 1 atom stereocenters. The minimum atomic E-state index is -3.88. The number of ether oxygens (including phenoxy) is 1. The molecule has 1 N–H and O–H groups in total. The molecule has 0 aliphatic carbocycles. The van der Waals surface area contributed by atoms with Crippen LogP contribution in [0.3, 0.4) is 0 Å². The van der Waals surface area contributed by atoms with Gasteiger partial charge in [0.15, 0.2) is 0 Å². The average molecular weight is 344 g/mol. The molecule has 1 aromatic carbocycles. The quantitative estimate of drug-likeness (QED) is 0.854. The van der Waals surface area contributed by atoms with Gasteiger partial charge in [-0.3, -0.25) is 4.90 Å². The summed E-state index contributed by atoms with van der Waals surface area (Å²) in [6.45, 7) is 9.24. The van der Waals surface area contributed by atoms with E-state index < -0.39 is 15.8 Å². The Hall–Kier alpha value is -1.02. The van der Waals surface area contributed by atoms with Gasteiger partial charge in [-0.15, -0.1) is 0 Å². The van der Waals surface area contributed by atoms with E-state index in [2.05, 4.69) is 23.5 Å². The zero-order chi connectivity index (χ0) is 17.0. The molecule has 0 bridgehead atoms. The number of halogens is 1. The van der Waals surface area contributed by atoms with E-state index in [9.17, 15) is 12.8 Å². The van der Waals surface area contributed by atoms with Crippen LogP contribution < -0.4 is 4.72 Å². The van der Waals surface area contributed by atoms with Gasteiger partial charge in [-0.05, 0) is 30.5 Å². The van der Waals surface area contributed by atoms with Crippen LogP contribution >= 0.6 is 0 Å². The third-order valence-electron chi connectivity index (χ3n) is 3.72. The first-order chi connectivity index (χ1) is 10.8. The van der Waals surface area contributed by atoms with E-state index in [1.807, 2.05) is 0 Å². The lowest BCUT2D eigenvalue weighted by atomic mass is 10.2. The van der Waals surface area contributed by atoms with Gasteiger partial charge >= 0.3 is 0 Å². The lowest BCUT2D eigenvalue weighted by Gasteiger charge is -2.33. The molecule has 130 valence electrons. The summed E-state index contributed by atoms with van der Waals surface area (Å²) < 4.78 is 46.4. The number of hydrogen-bond acceptors (Lipinski definition) is 4. The van der Waals surface area contributed by atoms with Gasteiger partial charge in [0.1, 0.15) is 10.7 Å². The molecule has 2 rings (SSSR count). The Bertz CT molecular complexity index is 634. The number of hydrogen-bond donors (Lipinski definition) is 1. The van der Waals surface area contributed by atoms with Crippen molar-refractivity contribution in [2.24, 2.45) is 5.92 Å². The highest BCUT2D eigenvalue weighted by atomic mass is 32.2. The lowest BCUT2D eigenvalue weighted by molar-refractivity contribution is -0.0280. The van der Waals surface area contributed by atoms with Crippen LogP contribution in [0.25, 0.3) is 0 Å². The summed E-state index contributed by atoms with van der Waals surface area (Å²) in [6, 6.07) is 4.05. The predicted octanol–water partition coefficient (Wildman–Crippen LogP) is 1.77. The Kier molecular flexibility index (Phi) is 6.13. The maximum absolute atomic E-state index is 13.8. The molecule has 0 spiro atoms. The van der Waals surface area contributed by atoms with Crippen molar-refractivity contribution < 1.29 is 17.5 Å². The van der Waals surface area contributed by atoms with E-state index in [0.717, 1.165) is 13.1 Å². The second-order valence-electron chi connectivity index (χ2n) is 6.43. The molecule has 0 saturated carbocycles. The summed E-state index contributed by atoms with van der Waals surface area (Å²) in [5, 5.41) is 0. The van der Waals surface area contributed by atoms with Gasteiger partial charge in [0.05, 0.1) is 12.7 Å². The first-order valence-corrected chi connectivity index (χ1v) is 9.36. The third-order valence-corrected chi connectivity index (χ3v) is 5.16. The standard InChI is InChI=1S/C16H25FN2O3S/c1-12(2)10-19-6-7-22-14(11-19)9-18-23(20,21)16-8-13(3)4-5-15(16)17/h4-5,8,12,14,18H,6-7,9-11H2,1-3H3. The molecule has 1 aliphatic heterocycles. The van der Waals surface area contributed by atoms with E-state index >= 15 is 0 Å². The number of nitrogens with one attached hydrogen (secondary N) is 1. The average Bonchev–Trinajstić information content (AvgIpc) is 2.47. The Balaban J connectivity index is 1.97. The van der Waals surface area contributed by atoms with Crippen LogP contribution in [0.1, 0.15) is 19.4 Å². The molecular weight excluding hydrogens is 319 g/mol. The van der Waals surface area contributed by atoms with Crippen molar-refractivity contribution in [3.63, 3.8) is 0 Å². The van der Waals surface area contributed by atoms with Gasteiger partial charge in [-0.2, -0.15) is 0 Å². The van der Waals surface area contributed by atoms with Crippen molar-refractivity contribution >= 4 is 10.0 Å². The zero-order valence-corrected chi connectivity index (χ0v) is 14.7. The highest BCUT2D eigenvalue weighted by Gasteiger charge is 2.24. The Labute approximate surface area is 137 Å². The van der Waals surface area contributed by atoms with Crippen LogP contribution in [0.2, 0.25) is 0 Å². The number of rotatable bonds is 6. The first-order valence-electron chi connectivity index (χ1n) is 7.87. The number of morpholine rings is 1. The molecule has 23 heavy (non-hydrogen) atoms. The highest BCUT2D eigenvalue weighted by molar-refractivity contribution is 7.89. The monoisotopic (exact) mass is 344 g/mol. The summed E-state index contributed by atoms with van der Waals surface area (Å²) in [7, 11) is -3.88. The smallest absolute Gasteiger partial charge is 0.243 e. The third kappa shape index (κ3) is 5.24. The second-order valence-corrected chi connectivity index (χ2v) is 8.17. The molecule has 1 aromatic rings. The van der Waals surface area contributed by atoms with Gasteiger partial charge in [0.2, 0.25) is 10.0 Å². The largest absolute Gasteiger partial charge is 0.374 e. The fourth-order valence-electron chi connectivity index (χ4n) is 2.68. The van der Waals surface area contributed by atoms with E-state index in [1.165, 1.54) is 12.1 Å². The van der Waals surface area contributed by atoms with Crippen molar-refractivity contribution in [2.45, 2.75) is 31.8 Å². The number of sulfonamides is 1. The van der Waals surface area contributed by atoms with Crippen molar-refractivity contribution in [1.29, 1.82) is 0 Å². The van der Waals surface area contributed by atoms with Crippen molar-refractivity contribution in [3.05, 3.63) is 29.6 Å². The molecule has 0 amide bonds. The molecule has 1 heterocycles. The fraction of sp³-hybridized carbons (Fsp3) is 0.625. The molecule has 1 fully saturated rings. The van der Waals surface area contributed by atoms with Gasteiger partial charge in [-0.1, -0.05) is 19.9 Å². The number of benzene rings is 1. The maximum Gasteiger partial charge on any atom is 0.243 e. The number of nitrogens with zero attached hydrogens (tertiary/aromatic N) is 1. The maximum atomic E-state index is 13.8. The van der Waals surface area contributed by atoms with Gasteiger partial charge < -0.3 is 4.74 Å². The molecule has 0 aromatic heterocycles. The molecule has 1 aliphatic rings. The van der Waals surface area contributed by atoms with E-state index in [1.54, 1.807) is 13.0 Å². The first kappa shape index (κ1) is 18.3. The second kappa shape index (κ2) is 7.70. The van der Waals surface area contributed by atoms with E-state index in [4.69, 9.17) is 4.74 Å². The molecule has 1 unspecified atom stereocenters. The minimum absolute atomic E-state index is 0.143. The number of aryl methyl sites for hydroxylation is 1. The van der Waals surface area contributed by atoms with Crippen LogP contribution in [0, 0.1) is 18.7 Å². The van der Waals surface area contributed by atoms with Gasteiger partial charge in [-0.25, -0.2) is 17.5 Å². The predicted molar refractivity (Wildman–Crippen MR) is 87.3 cm³/mol. The van der Waals surface area contributed by atoms with Crippen LogP contribution in [0.15, 0.2) is 23.1 Å². The lowest BCUT2D eigenvalue weighted by Crippen LogP contribution is -2.48. The van der Waals surface area contributed by atoms with Crippen LogP contribution in [0.4, 0.5) is 4.39 Å². The summed E-state index contributed by atoms with van der Waals surface area (Å²) >= 11 is 0. The molecule has 1 saturated heterocycles. The Morgan fingerprint density at radius 3 is 2.87 bits per heavy atom. The van der Waals surface area contributed by atoms with E-state index in [-0.39, 0.29) is 17.5 Å². The SMILES string of the molecule is Cc1ccc(F)c(S(=O)(=O)NCC2CN(CC(C)C)CCO2)c1. The summed E-state index contributed by atoms with van der Waals surface area (Å²) in [5.41, 5.74) is 0.698. The molecule has 7 heteroatoms. The van der Waals surface area contributed by atoms with Crippen molar-refractivity contribution in [2.75, 3.05) is 32.8 Å². The van der Waals surface area contributed by atoms with Crippen LogP contribution in [-0.2, 0) is 14.8 Å². The minimum Gasteiger partial charge on any atom is -0.374 e. The molecular formula is C16H25FN2O3S. The summed E-state index contributed by atoms with van der Waals surface area (Å²) in [5.74, 6) is -0.194. The van der Waals surface area contributed by atoms with Crippen LogP contribution in [0.5, 0.6) is 0 Å². The normalized spacial score (nSPS) is 20.1. The van der Waals surface area contributed by atoms with Gasteiger partial charge in [0.25, 0.3) is 0 Å². The topological polar surface area (TPSA) is 58.6 Å². The Morgan fingerprint density at radius 1 is 1.43 bits per heavy atom. The highest BCUT2D eigenvalue weighted by Crippen LogP contribution is 2.16. The summed E-state index contributed by atoms with van der Waals surface area (Å²) in [4.78, 5) is 1.95. The molecule has 0 radical (unpaired) electrons. The van der Waals surface area contributed by atoms with Crippen LogP contribution in [-0.4, -0.2) is 52.2 Å². The fourth-order valence-corrected chi connectivity index (χ4v) is 3.91. The van der Waals surface area contributed by atoms with Crippen molar-refractivity contribution in [1.82, 2.24) is 9.62 Å². The summed E-state index contributed by atoms with van der Waals surface area (Å²) in [6.07, 6.45) is -0.217. The molecule has 5 nitrogen and oxygen atoms in total. The van der Waals surface area contributed by atoms with Crippen molar-refractivity contribution in [3.8, 4) is 0 Å². The zero-order valence-electron chi connectivity index (χ0n) is 13.9.